The summed E-state index contributed by atoms with van der Waals surface area (Å²) in [5.41, 5.74) is 2.62. The van der Waals surface area contributed by atoms with Gasteiger partial charge in [0.2, 0.25) is 0 Å². The van der Waals surface area contributed by atoms with Crippen LogP contribution in [0, 0.1) is 0 Å². The second-order valence-electron chi connectivity index (χ2n) is 6.30. The Hall–Kier alpha value is -2.60. The lowest BCUT2D eigenvalue weighted by Crippen LogP contribution is -2.27. The van der Waals surface area contributed by atoms with Crippen molar-refractivity contribution in [3.05, 3.63) is 99.9 Å². The highest BCUT2D eigenvalue weighted by atomic mass is 35.5. The number of carbonyl (C=O) groups excluding carboxylic acids is 1. The van der Waals surface area contributed by atoms with E-state index in [9.17, 15) is 4.79 Å². The van der Waals surface area contributed by atoms with E-state index in [4.69, 9.17) is 28.6 Å². The molecule has 0 N–H and O–H groups in total. The van der Waals surface area contributed by atoms with Gasteiger partial charge in [-0.05, 0) is 42.0 Å². The van der Waals surface area contributed by atoms with Crippen molar-refractivity contribution in [2.24, 2.45) is 0 Å². The molecule has 29 heavy (non-hydrogen) atoms. The van der Waals surface area contributed by atoms with Gasteiger partial charge in [-0.2, -0.15) is 0 Å². The molecule has 0 aromatic heterocycles. The SMILES string of the molecule is O=C1C(=Cc2ccc(OCc3ccccc3Cl)cc2)SC(=S)N1c1ccccc1. The van der Waals surface area contributed by atoms with Crippen LogP contribution in [-0.4, -0.2) is 10.2 Å². The molecule has 3 nitrogen and oxygen atoms in total. The second-order valence-corrected chi connectivity index (χ2v) is 8.38. The number of thiocarbonyl (C=S) groups is 1. The van der Waals surface area contributed by atoms with Crippen molar-refractivity contribution in [2.75, 3.05) is 4.90 Å². The van der Waals surface area contributed by atoms with Gasteiger partial charge in [0.15, 0.2) is 4.32 Å². The summed E-state index contributed by atoms with van der Waals surface area (Å²) in [5.74, 6) is 0.629. The quantitative estimate of drug-likeness (QED) is 0.345. The number of para-hydroxylation sites is 1. The average molecular weight is 438 g/mol. The van der Waals surface area contributed by atoms with Crippen molar-refractivity contribution in [1.29, 1.82) is 0 Å². The molecule has 144 valence electrons. The van der Waals surface area contributed by atoms with E-state index in [0.29, 0.717) is 20.9 Å². The van der Waals surface area contributed by atoms with Gasteiger partial charge in [0, 0.05) is 10.6 Å². The second kappa shape index (κ2) is 8.82. The Labute approximate surface area is 183 Å². The molecule has 4 rings (SSSR count). The highest BCUT2D eigenvalue weighted by Gasteiger charge is 2.33. The van der Waals surface area contributed by atoms with Gasteiger partial charge in [-0.3, -0.25) is 9.69 Å². The molecule has 1 amide bonds. The molecule has 0 spiro atoms. The van der Waals surface area contributed by atoms with Gasteiger partial charge in [-0.15, -0.1) is 0 Å². The zero-order valence-electron chi connectivity index (χ0n) is 15.2. The topological polar surface area (TPSA) is 29.5 Å². The number of amides is 1. The molecule has 0 saturated carbocycles. The van der Waals surface area contributed by atoms with E-state index < -0.39 is 0 Å². The van der Waals surface area contributed by atoms with Gasteiger partial charge < -0.3 is 4.74 Å². The number of nitrogens with zero attached hydrogens (tertiary/aromatic N) is 1. The van der Waals surface area contributed by atoms with Crippen LogP contribution in [0.3, 0.4) is 0 Å². The van der Waals surface area contributed by atoms with Crippen LogP contribution >= 0.6 is 35.6 Å². The molecular weight excluding hydrogens is 422 g/mol. The Morgan fingerprint density at radius 2 is 1.66 bits per heavy atom. The van der Waals surface area contributed by atoms with Crippen LogP contribution in [0.4, 0.5) is 5.69 Å². The lowest BCUT2D eigenvalue weighted by atomic mass is 10.2. The largest absolute Gasteiger partial charge is 0.489 e. The van der Waals surface area contributed by atoms with Crippen molar-refractivity contribution >= 4 is 57.6 Å². The van der Waals surface area contributed by atoms with Gasteiger partial charge in [-0.1, -0.05) is 84.1 Å². The lowest BCUT2D eigenvalue weighted by molar-refractivity contribution is -0.113. The molecule has 1 heterocycles. The third-order valence-corrected chi connectivity index (χ3v) is 6.01. The van der Waals surface area contributed by atoms with Crippen LogP contribution in [0.25, 0.3) is 6.08 Å². The van der Waals surface area contributed by atoms with Crippen molar-refractivity contribution in [2.45, 2.75) is 6.61 Å². The fourth-order valence-electron chi connectivity index (χ4n) is 2.86. The van der Waals surface area contributed by atoms with Crippen molar-refractivity contribution < 1.29 is 9.53 Å². The number of halogens is 1. The standard InChI is InChI=1S/C23H16ClNO2S2/c24-20-9-5-4-6-17(20)15-27-19-12-10-16(11-13-19)14-21-22(26)25(23(28)29-21)18-7-2-1-3-8-18/h1-14H,15H2. The minimum atomic E-state index is -0.106. The number of carbonyl (C=O) groups is 1. The van der Waals surface area contributed by atoms with E-state index >= 15 is 0 Å². The molecule has 0 bridgehead atoms. The summed E-state index contributed by atoms with van der Waals surface area (Å²) in [6.07, 6.45) is 1.85. The predicted octanol–water partition coefficient (Wildman–Crippen LogP) is 6.32. The molecule has 6 heteroatoms. The fraction of sp³-hybridized carbons (Fsp3) is 0.0435. The number of hydrogen-bond donors (Lipinski definition) is 0. The van der Waals surface area contributed by atoms with Crippen LogP contribution in [0.15, 0.2) is 83.8 Å². The minimum Gasteiger partial charge on any atom is -0.489 e. The lowest BCUT2D eigenvalue weighted by Gasteiger charge is -2.13. The minimum absolute atomic E-state index is 0.106. The normalized spacial score (nSPS) is 15.2. The smallest absolute Gasteiger partial charge is 0.270 e. The van der Waals surface area contributed by atoms with Gasteiger partial charge in [0.1, 0.15) is 12.4 Å². The monoisotopic (exact) mass is 437 g/mol. The van der Waals surface area contributed by atoms with Crippen LogP contribution in [-0.2, 0) is 11.4 Å². The van der Waals surface area contributed by atoms with Gasteiger partial charge in [0.05, 0.1) is 10.6 Å². The fourth-order valence-corrected chi connectivity index (χ4v) is 4.34. The number of benzene rings is 3. The molecule has 3 aromatic rings. The third-order valence-electron chi connectivity index (χ3n) is 4.34. The maximum atomic E-state index is 12.8. The van der Waals surface area contributed by atoms with Crippen LogP contribution in [0.1, 0.15) is 11.1 Å². The maximum absolute atomic E-state index is 12.8. The first kappa shape index (κ1) is 19.7. The molecule has 3 aromatic carbocycles. The summed E-state index contributed by atoms with van der Waals surface area (Å²) < 4.78 is 6.34. The Morgan fingerprint density at radius 3 is 2.38 bits per heavy atom. The molecule has 0 unspecified atom stereocenters. The summed E-state index contributed by atoms with van der Waals surface area (Å²) in [6.45, 7) is 0.398. The van der Waals surface area contributed by atoms with Crippen molar-refractivity contribution in [3.63, 3.8) is 0 Å². The summed E-state index contributed by atoms with van der Waals surface area (Å²) >= 11 is 12.9. The Bertz CT molecular complexity index is 1080. The summed E-state index contributed by atoms with van der Waals surface area (Å²) in [5, 5.41) is 0.685. The van der Waals surface area contributed by atoms with E-state index in [2.05, 4.69) is 0 Å². The summed E-state index contributed by atoms with van der Waals surface area (Å²) in [6, 6.07) is 24.6. The summed E-state index contributed by atoms with van der Waals surface area (Å²) in [7, 11) is 0. The first-order valence-corrected chi connectivity index (χ1v) is 10.5. The number of hydrogen-bond acceptors (Lipinski definition) is 4. The molecule has 1 aliphatic rings. The number of thioether (sulfide) groups is 1. The van der Waals surface area contributed by atoms with E-state index in [0.717, 1.165) is 22.6 Å². The molecule has 0 aliphatic carbocycles. The average Bonchev–Trinajstić information content (AvgIpc) is 3.02. The van der Waals surface area contributed by atoms with Crippen LogP contribution < -0.4 is 9.64 Å². The molecule has 0 atom stereocenters. The summed E-state index contributed by atoms with van der Waals surface area (Å²) in [4.78, 5) is 15.0. The zero-order chi connectivity index (χ0) is 20.2. The van der Waals surface area contributed by atoms with Crippen LogP contribution in [0.5, 0.6) is 5.75 Å². The first-order chi connectivity index (χ1) is 14.1. The first-order valence-electron chi connectivity index (χ1n) is 8.91. The Balaban J connectivity index is 1.45. The molecule has 1 fully saturated rings. The highest BCUT2D eigenvalue weighted by molar-refractivity contribution is 8.27. The molecule has 1 aliphatic heterocycles. The zero-order valence-corrected chi connectivity index (χ0v) is 17.6. The van der Waals surface area contributed by atoms with Gasteiger partial charge in [-0.25, -0.2) is 0 Å². The van der Waals surface area contributed by atoms with Crippen LogP contribution in [0.2, 0.25) is 5.02 Å². The maximum Gasteiger partial charge on any atom is 0.270 e. The third kappa shape index (κ3) is 4.53. The Morgan fingerprint density at radius 1 is 0.966 bits per heavy atom. The van der Waals surface area contributed by atoms with Gasteiger partial charge >= 0.3 is 0 Å². The van der Waals surface area contributed by atoms with E-state index in [1.165, 1.54) is 11.8 Å². The Kier molecular flexibility index (Phi) is 6.00. The van der Waals surface area contributed by atoms with E-state index in [-0.39, 0.29) is 5.91 Å². The van der Waals surface area contributed by atoms with Crippen molar-refractivity contribution in [3.8, 4) is 5.75 Å². The van der Waals surface area contributed by atoms with E-state index in [1.807, 2.05) is 84.9 Å². The predicted molar refractivity (Wildman–Crippen MR) is 124 cm³/mol. The van der Waals surface area contributed by atoms with Crippen molar-refractivity contribution in [1.82, 2.24) is 0 Å². The molecular formula is C23H16ClNO2S2. The highest BCUT2D eigenvalue weighted by Crippen LogP contribution is 2.36. The number of anilines is 1. The number of rotatable bonds is 5. The van der Waals surface area contributed by atoms with E-state index in [1.54, 1.807) is 4.90 Å². The van der Waals surface area contributed by atoms with Gasteiger partial charge in [0.25, 0.3) is 5.91 Å². The molecule has 1 saturated heterocycles. The number of ether oxygens (including phenoxy) is 1. The molecule has 0 radical (unpaired) electrons.